The van der Waals surface area contributed by atoms with Crippen LogP contribution in [-0.4, -0.2) is 22.9 Å². The highest BCUT2D eigenvalue weighted by Gasteiger charge is 2.08. The zero-order chi connectivity index (χ0) is 15.1. The molecule has 0 radical (unpaired) electrons. The van der Waals surface area contributed by atoms with Gasteiger partial charge in [0.05, 0.1) is 0 Å². The summed E-state index contributed by atoms with van der Waals surface area (Å²) < 4.78 is 0. The molecule has 1 rings (SSSR count). The van der Waals surface area contributed by atoms with Crippen LogP contribution < -0.4 is 10.6 Å². The SMILES string of the molecule is CC(C)CC(=O)Nc1ccc(NC(=O)CC(=O)O)cc1. The minimum atomic E-state index is -1.18. The van der Waals surface area contributed by atoms with Crippen molar-refractivity contribution in [2.24, 2.45) is 5.92 Å². The van der Waals surface area contributed by atoms with Crippen LogP contribution in [0.4, 0.5) is 11.4 Å². The first-order valence-electron chi connectivity index (χ1n) is 6.28. The van der Waals surface area contributed by atoms with E-state index in [4.69, 9.17) is 5.11 Å². The second-order valence-corrected chi connectivity index (χ2v) is 4.84. The largest absolute Gasteiger partial charge is 0.481 e. The van der Waals surface area contributed by atoms with Gasteiger partial charge in [0.15, 0.2) is 0 Å². The maximum atomic E-state index is 11.6. The second-order valence-electron chi connectivity index (χ2n) is 4.84. The molecule has 0 bridgehead atoms. The third-order valence-corrected chi connectivity index (χ3v) is 2.36. The Morgan fingerprint density at radius 3 is 1.85 bits per heavy atom. The molecule has 1 aromatic carbocycles. The highest BCUT2D eigenvalue weighted by Crippen LogP contribution is 2.14. The van der Waals surface area contributed by atoms with Gasteiger partial charge in [-0.2, -0.15) is 0 Å². The zero-order valence-electron chi connectivity index (χ0n) is 11.5. The van der Waals surface area contributed by atoms with Gasteiger partial charge in [-0.1, -0.05) is 13.8 Å². The summed E-state index contributed by atoms with van der Waals surface area (Å²) in [6.45, 7) is 3.92. The minimum Gasteiger partial charge on any atom is -0.481 e. The Kier molecular flexibility index (Phi) is 5.71. The third kappa shape index (κ3) is 5.99. The summed E-state index contributed by atoms with van der Waals surface area (Å²) in [5, 5.41) is 13.7. The van der Waals surface area contributed by atoms with Gasteiger partial charge in [0.2, 0.25) is 11.8 Å². The number of nitrogens with one attached hydrogen (secondary N) is 2. The molecule has 0 aliphatic heterocycles. The quantitative estimate of drug-likeness (QED) is 0.694. The fraction of sp³-hybridized carbons (Fsp3) is 0.357. The van der Waals surface area contributed by atoms with Crippen molar-refractivity contribution in [3.63, 3.8) is 0 Å². The van der Waals surface area contributed by atoms with E-state index in [0.717, 1.165) is 0 Å². The van der Waals surface area contributed by atoms with Gasteiger partial charge in [0.25, 0.3) is 0 Å². The van der Waals surface area contributed by atoms with Crippen molar-refractivity contribution in [2.45, 2.75) is 26.7 Å². The molecule has 0 spiro atoms. The lowest BCUT2D eigenvalue weighted by atomic mass is 10.1. The first-order chi connectivity index (χ1) is 9.36. The van der Waals surface area contributed by atoms with Crippen LogP contribution in [0, 0.1) is 5.92 Å². The highest BCUT2D eigenvalue weighted by molar-refractivity contribution is 6.01. The van der Waals surface area contributed by atoms with E-state index in [0.29, 0.717) is 17.8 Å². The van der Waals surface area contributed by atoms with Crippen LogP contribution in [0.25, 0.3) is 0 Å². The lowest BCUT2D eigenvalue weighted by Crippen LogP contribution is -2.16. The molecule has 0 atom stereocenters. The third-order valence-electron chi connectivity index (χ3n) is 2.36. The summed E-state index contributed by atoms with van der Waals surface area (Å²) in [4.78, 5) is 33.2. The molecule has 0 aliphatic carbocycles. The van der Waals surface area contributed by atoms with E-state index in [-0.39, 0.29) is 11.8 Å². The van der Waals surface area contributed by atoms with E-state index >= 15 is 0 Å². The number of benzene rings is 1. The monoisotopic (exact) mass is 278 g/mol. The lowest BCUT2D eigenvalue weighted by molar-refractivity contribution is -0.139. The zero-order valence-corrected chi connectivity index (χ0v) is 11.5. The highest BCUT2D eigenvalue weighted by atomic mass is 16.4. The van der Waals surface area contributed by atoms with Crippen LogP contribution in [0.3, 0.4) is 0 Å². The Hall–Kier alpha value is -2.37. The van der Waals surface area contributed by atoms with Crippen LogP contribution >= 0.6 is 0 Å². The van der Waals surface area contributed by atoms with E-state index in [2.05, 4.69) is 10.6 Å². The number of carbonyl (C=O) groups is 3. The average Bonchev–Trinajstić information content (AvgIpc) is 2.29. The number of carboxylic acids is 1. The van der Waals surface area contributed by atoms with Gasteiger partial charge in [-0.05, 0) is 30.2 Å². The van der Waals surface area contributed by atoms with Gasteiger partial charge < -0.3 is 15.7 Å². The summed E-state index contributed by atoms with van der Waals surface area (Å²) in [5.74, 6) is -1.55. The molecule has 0 aliphatic rings. The minimum absolute atomic E-state index is 0.0670. The van der Waals surface area contributed by atoms with Crippen LogP contribution in [0.15, 0.2) is 24.3 Å². The van der Waals surface area contributed by atoms with Crippen LogP contribution in [0.5, 0.6) is 0 Å². The molecule has 0 unspecified atom stereocenters. The molecular formula is C14H18N2O4. The molecule has 0 fully saturated rings. The number of rotatable bonds is 6. The van der Waals surface area contributed by atoms with E-state index in [1.165, 1.54) is 0 Å². The first-order valence-corrected chi connectivity index (χ1v) is 6.28. The number of hydrogen-bond donors (Lipinski definition) is 3. The van der Waals surface area contributed by atoms with Gasteiger partial charge in [-0.3, -0.25) is 14.4 Å². The Bertz CT molecular complexity index is 494. The van der Waals surface area contributed by atoms with Gasteiger partial charge >= 0.3 is 5.97 Å². The van der Waals surface area contributed by atoms with Gasteiger partial charge in [-0.25, -0.2) is 0 Å². The van der Waals surface area contributed by atoms with E-state index < -0.39 is 18.3 Å². The van der Waals surface area contributed by atoms with Crippen LogP contribution in [0.2, 0.25) is 0 Å². The molecule has 0 heterocycles. The topological polar surface area (TPSA) is 95.5 Å². The van der Waals surface area contributed by atoms with Gasteiger partial charge in [0.1, 0.15) is 6.42 Å². The van der Waals surface area contributed by atoms with E-state index in [1.807, 2.05) is 13.8 Å². The number of carbonyl (C=O) groups excluding carboxylic acids is 2. The normalized spacial score (nSPS) is 10.2. The maximum Gasteiger partial charge on any atom is 0.312 e. The van der Waals surface area contributed by atoms with Crippen LogP contribution in [-0.2, 0) is 14.4 Å². The number of aliphatic carboxylic acids is 1. The van der Waals surface area contributed by atoms with E-state index in [9.17, 15) is 14.4 Å². The Balaban J connectivity index is 2.54. The molecular weight excluding hydrogens is 260 g/mol. The number of carboxylic acid groups (broad SMARTS) is 1. The van der Waals surface area contributed by atoms with Crippen molar-refractivity contribution in [2.75, 3.05) is 10.6 Å². The maximum absolute atomic E-state index is 11.6. The predicted molar refractivity (Wildman–Crippen MR) is 75.4 cm³/mol. The fourth-order valence-electron chi connectivity index (χ4n) is 1.56. The van der Waals surface area contributed by atoms with Crippen molar-refractivity contribution in [1.82, 2.24) is 0 Å². The standard InChI is InChI=1S/C14H18N2O4/c1-9(2)7-12(17)15-10-3-5-11(6-4-10)16-13(18)8-14(19)20/h3-6,9H,7-8H2,1-2H3,(H,15,17)(H,16,18)(H,19,20). The van der Waals surface area contributed by atoms with Gasteiger partial charge in [0, 0.05) is 17.8 Å². The van der Waals surface area contributed by atoms with Crippen molar-refractivity contribution < 1.29 is 19.5 Å². The van der Waals surface area contributed by atoms with Crippen molar-refractivity contribution >= 4 is 29.2 Å². The average molecular weight is 278 g/mol. The fourth-order valence-corrected chi connectivity index (χ4v) is 1.56. The van der Waals surface area contributed by atoms with Crippen molar-refractivity contribution in [1.29, 1.82) is 0 Å². The molecule has 108 valence electrons. The number of amides is 2. The Morgan fingerprint density at radius 1 is 1.00 bits per heavy atom. The van der Waals surface area contributed by atoms with Crippen molar-refractivity contribution in [3.05, 3.63) is 24.3 Å². The molecule has 3 N–H and O–H groups in total. The molecule has 6 nitrogen and oxygen atoms in total. The Labute approximate surface area is 117 Å². The summed E-state index contributed by atoms with van der Waals surface area (Å²) >= 11 is 0. The molecule has 0 aromatic heterocycles. The van der Waals surface area contributed by atoms with Gasteiger partial charge in [-0.15, -0.1) is 0 Å². The lowest BCUT2D eigenvalue weighted by Gasteiger charge is -2.08. The summed E-state index contributed by atoms with van der Waals surface area (Å²) in [5.41, 5.74) is 1.12. The molecule has 6 heteroatoms. The smallest absolute Gasteiger partial charge is 0.312 e. The molecule has 2 amide bonds. The molecule has 1 aromatic rings. The summed E-state index contributed by atoms with van der Waals surface area (Å²) in [6.07, 6.45) is -0.135. The predicted octanol–water partition coefficient (Wildman–Crippen LogP) is 2.08. The van der Waals surface area contributed by atoms with Crippen molar-refractivity contribution in [3.8, 4) is 0 Å². The number of anilines is 2. The van der Waals surface area contributed by atoms with E-state index in [1.54, 1.807) is 24.3 Å². The van der Waals surface area contributed by atoms with Crippen LogP contribution in [0.1, 0.15) is 26.7 Å². The second kappa shape index (κ2) is 7.28. The summed E-state index contributed by atoms with van der Waals surface area (Å²) in [7, 11) is 0. The molecule has 20 heavy (non-hydrogen) atoms. The Morgan fingerprint density at radius 2 is 1.45 bits per heavy atom. The number of hydrogen-bond acceptors (Lipinski definition) is 3. The first kappa shape index (κ1) is 15.7. The molecule has 0 saturated carbocycles. The summed E-state index contributed by atoms with van der Waals surface area (Å²) in [6, 6.07) is 6.50. The molecule has 0 saturated heterocycles.